The molecule has 1 heterocycles. The first kappa shape index (κ1) is 16.3. The van der Waals surface area contributed by atoms with Crippen LogP contribution in [0.25, 0.3) is 0 Å². The van der Waals surface area contributed by atoms with Crippen LogP contribution in [0.15, 0.2) is 29.3 Å². The van der Waals surface area contributed by atoms with E-state index < -0.39 is 5.97 Å². The Hall–Kier alpha value is -3.03. The van der Waals surface area contributed by atoms with E-state index in [9.17, 15) is 10.1 Å². The van der Waals surface area contributed by atoms with Gasteiger partial charge in [-0.25, -0.2) is 9.78 Å². The van der Waals surface area contributed by atoms with E-state index in [4.69, 9.17) is 16.1 Å². The summed E-state index contributed by atoms with van der Waals surface area (Å²) in [7, 11) is 0. The molecule has 0 aliphatic rings. The molecule has 0 fully saturated rings. The topological polar surface area (TPSA) is 124 Å². The number of nitrogens with zero attached hydrogens (tertiary/aromatic N) is 3. The lowest BCUT2D eigenvalue weighted by Gasteiger charge is -2.09. The van der Waals surface area contributed by atoms with Crippen molar-refractivity contribution in [3.05, 3.63) is 52.1 Å². The monoisotopic (exact) mass is 324 g/mol. The summed E-state index contributed by atoms with van der Waals surface area (Å²) in [6.07, 6.45) is 0. The highest BCUT2D eigenvalue weighted by molar-refractivity contribution is 7.98. The van der Waals surface area contributed by atoms with Gasteiger partial charge in [0.05, 0.1) is 16.7 Å². The summed E-state index contributed by atoms with van der Waals surface area (Å²) in [5.41, 5.74) is 7.94. The molecule has 0 spiro atoms. The van der Waals surface area contributed by atoms with Gasteiger partial charge in [-0.2, -0.15) is 10.5 Å². The van der Waals surface area contributed by atoms with Gasteiger partial charge in [0.2, 0.25) is 0 Å². The zero-order valence-electron chi connectivity index (χ0n) is 12.2. The molecule has 7 heteroatoms. The van der Waals surface area contributed by atoms with E-state index >= 15 is 0 Å². The molecule has 0 saturated heterocycles. The number of aromatic nitrogens is 1. The summed E-state index contributed by atoms with van der Waals surface area (Å²) in [6, 6.07) is 10.5. The first-order chi connectivity index (χ1) is 11.0. The van der Waals surface area contributed by atoms with Crippen molar-refractivity contribution >= 4 is 23.5 Å². The number of rotatable bonds is 4. The van der Waals surface area contributed by atoms with Crippen molar-refractivity contribution in [3.8, 4) is 12.1 Å². The molecule has 0 atom stereocenters. The van der Waals surface area contributed by atoms with Crippen LogP contribution in [0, 0.1) is 29.6 Å². The molecule has 0 aliphatic heterocycles. The van der Waals surface area contributed by atoms with Crippen LogP contribution in [0.4, 0.5) is 5.82 Å². The Balaban J connectivity index is 2.26. The van der Waals surface area contributed by atoms with Gasteiger partial charge >= 0.3 is 5.97 Å². The third-order valence-corrected chi connectivity index (χ3v) is 4.29. The van der Waals surface area contributed by atoms with Gasteiger partial charge in [0.1, 0.15) is 23.0 Å². The van der Waals surface area contributed by atoms with Gasteiger partial charge in [-0.1, -0.05) is 12.1 Å². The molecular formula is C16H12N4O2S. The number of aromatic carboxylic acids is 1. The molecule has 3 N–H and O–H groups in total. The minimum atomic E-state index is -0.979. The Kier molecular flexibility index (Phi) is 4.85. The van der Waals surface area contributed by atoms with Gasteiger partial charge < -0.3 is 10.8 Å². The second-order valence-corrected chi connectivity index (χ2v) is 5.66. The first-order valence-corrected chi connectivity index (χ1v) is 7.51. The maximum Gasteiger partial charge on any atom is 0.335 e. The molecular weight excluding hydrogens is 312 g/mol. The number of carbonyl (C=O) groups is 1. The molecule has 0 bridgehead atoms. The highest BCUT2D eigenvalue weighted by Crippen LogP contribution is 2.29. The van der Waals surface area contributed by atoms with Crippen molar-refractivity contribution in [2.75, 3.05) is 5.73 Å². The van der Waals surface area contributed by atoms with E-state index in [0.29, 0.717) is 21.9 Å². The van der Waals surface area contributed by atoms with Crippen molar-refractivity contribution in [2.45, 2.75) is 17.7 Å². The molecule has 23 heavy (non-hydrogen) atoms. The van der Waals surface area contributed by atoms with E-state index in [1.165, 1.54) is 23.9 Å². The molecule has 0 saturated carbocycles. The largest absolute Gasteiger partial charge is 0.478 e. The Morgan fingerprint density at radius 1 is 1.26 bits per heavy atom. The number of benzene rings is 1. The van der Waals surface area contributed by atoms with Gasteiger partial charge in [-0.05, 0) is 30.2 Å². The Labute approximate surface area is 137 Å². The zero-order valence-corrected chi connectivity index (χ0v) is 13.0. The number of carboxylic acids is 1. The average molecular weight is 324 g/mol. The molecule has 0 aliphatic carbocycles. The summed E-state index contributed by atoms with van der Waals surface area (Å²) in [4.78, 5) is 15.0. The number of carboxylic acid groups (broad SMARTS) is 1. The summed E-state index contributed by atoms with van der Waals surface area (Å²) < 4.78 is 0. The third-order valence-electron chi connectivity index (χ3n) is 3.24. The minimum absolute atomic E-state index is 0.104. The SMILES string of the molecule is Cc1c(C#N)c(N)nc(SCc2ccc(C(=O)O)cc2)c1C#N. The number of nitriles is 2. The maximum absolute atomic E-state index is 10.8. The number of nitrogens with two attached hydrogens (primary N) is 1. The van der Waals surface area contributed by atoms with Crippen LogP contribution in [0.2, 0.25) is 0 Å². The average Bonchev–Trinajstić information content (AvgIpc) is 2.53. The lowest BCUT2D eigenvalue weighted by Crippen LogP contribution is -2.03. The predicted molar refractivity (Wildman–Crippen MR) is 85.8 cm³/mol. The van der Waals surface area contributed by atoms with Crippen molar-refractivity contribution in [3.63, 3.8) is 0 Å². The number of nitrogen functional groups attached to an aromatic ring is 1. The fourth-order valence-corrected chi connectivity index (χ4v) is 2.97. The molecule has 0 unspecified atom stereocenters. The summed E-state index contributed by atoms with van der Waals surface area (Å²) in [5, 5.41) is 27.7. The Morgan fingerprint density at radius 2 is 1.87 bits per heavy atom. The quantitative estimate of drug-likeness (QED) is 0.828. The standard InChI is InChI=1S/C16H12N4O2S/c1-9-12(6-17)14(19)20-15(13(9)7-18)23-8-10-2-4-11(5-3-10)16(21)22/h2-5H,8H2,1H3,(H2,19,20)(H,21,22). The number of anilines is 1. The van der Waals surface area contributed by atoms with E-state index in [1.54, 1.807) is 19.1 Å². The number of thioether (sulfide) groups is 1. The molecule has 114 valence electrons. The normalized spacial score (nSPS) is 9.87. The van der Waals surface area contributed by atoms with Crippen LogP contribution in [0.3, 0.4) is 0 Å². The molecule has 0 amide bonds. The summed E-state index contributed by atoms with van der Waals surface area (Å²) in [6.45, 7) is 1.67. The van der Waals surface area contributed by atoms with Crippen LogP contribution in [-0.4, -0.2) is 16.1 Å². The van der Waals surface area contributed by atoms with E-state index in [-0.39, 0.29) is 16.9 Å². The van der Waals surface area contributed by atoms with Crippen molar-refractivity contribution in [2.24, 2.45) is 0 Å². The lowest BCUT2D eigenvalue weighted by molar-refractivity contribution is 0.0697. The second kappa shape index (κ2) is 6.82. The second-order valence-electron chi connectivity index (χ2n) is 4.69. The number of hydrogen-bond donors (Lipinski definition) is 2. The number of hydrogen-bond acceptors (Lipinski definition) is 6. The molecule has 0 radical (unpaired) electrons. The fourth-order valence-electron chi connectivity index (χ4n) is 1.97. The van der Waals surface area contributed by atoms with Crippen molar-refractivity contribution in [1.82, 2.24) is 4.98 Å². The minimum Gasteiger partial charge on any atom is -0.478 e. The maximum atomic E-state index is 10.8. The summed E-state index contributed by atoms with van der Waals surface area (Å²) >= 11 is 1.32. The molecule has 2 rings (SSSR count). The number of pyridine rings is 1. The summed E-state index contributed by atoms with van der Waals surface area (Å²) in [5.74, 6) is -0.368. The van der Waals surface area contributed by atoms with Gasteiger partial charge in [0, 0.05) is 5.75 Å². The molecule has 2 aromatic rings. The molecule has 1 aromatic heterocycles. The van der Waals surface area contributed by atoms with Crippen LogP contribution in [-0.2, 0) is 5.75 Å². The molecule has 1 aromatic carbocycles. The van der Waals surface area contributed by atoms with Crippen LogP contribution >= 0.6 is 11.8 Å². The Morgan fingerprint density at radius 3 is 2.39 bits per heavy atom. The van der Waals surface area contributed by atoms with E-state index in [0.717, 1.165) is 5.56 Å². The fraction of sp³-hybridized carbons (Fsp3) is 0.125. The third kappa shape index (κ3) is 3.42. The van der Waals surface area contributed by atoms with Crippen LogP contribution < -0.4 is 5.73 Å². The van der Waals surface area contributed by atoms with Gasteiger partial charge in [-0.15, -0.1) is 11.8 Å². The van der Waals surface area contributed by atoms with Gasteiger partial charge in [-0.3, -0.25) is 0 Å². The van der Waals surface area contributed by atoms with Crippen molar-refractivity contribution < 1.29 is 9.90 Å². The van der Waals surface area contributed by atoms with E-state index in [1.807, 2.05) is 6.07 Å². The Bertz CT molecular complexity index is 848. The van der Waals surface area contributed by atoms with Crippen LogP contribution in [0.1, 0.15) is 32.6 Å². The van der Waals surface area contributed by atoms with E-state index in [2.05, 4.69) is 11.1 Å². The zero-order chi connectivity index (χ0) is 17.0. The van der Waals surface area contributed by atoms with Gasteiger partial charge in [0.25, 0.3) is 0 Å². The lowest BCUT2D eigenvalue weighted by atomic mass is 10.1. The first-order valence-electron chi connectivity index (χ1n) is 6.53. The highest BCUT2D eigenvalue weighted by atomic mass is 32.2. The molecule has 6 nitrogen and oxygen atoms in total. The highest BCUT2D eigenvalue weighted by Gasteiger charge is 2.15. The van der Waals surface area contributed by atoms with Crippen molar-refractivity contribution in [1.29, 1.82) is 10.5 Å². The van der Waals surface area contributed by atoms with Crippen LogP contribution in [0.5, 0.6) is 0 Å². The smallest absolute Gasteiger partial charge is 0.335 e. The predicted octanol–water partition coefficient (Wildman–Crippen LogP) is 2.71. The van der Waals surface area contributed by atoms with Gasteiger partial charge in [0.15, 0.2) is 0 Å².